The molecule has 2 aromatic rings. The minimum absolute atomic E-state index is 0.0406. The quantitative estimate of drug-likeness (QED) is 0.771. The maximum absolute atomic E-state index is 11.7. The molecule has 3 nitrogen and oxygen atoms in total. The number of hydrogen-bond donors (Lipinski definition) is 0. The van der Waals surface area contributed by atoms with Crippen LogP contribution in [0.1, 0.15) is 36.3 Å². The zero-order valence-electron chi connectivity index (χ0n) is 13.4. The van der Waals surface area contributed by atoms with Crippen molar-refractivity contribution in [2.75, 3.05) is 7.11 Å². The van der Waals surface area contributed by atoms with Crippen LogP contribution in [-0.4, -0.2) is 13.1 Å². The Kier molecular flexibility index (Phi) is 4.96. The van der Waals surface area contributed by atoms with Crippen LogP contribution in [0.4, 0.5) is 0 Å². The summed E-state index contributed by atoms with van der Waals surface area (Å²) in [6, 6.07) is 18.4. The fourth-order valence-corrected chi connectivity index (χ4v) is 3.26. The van der Waals surface area contributed by atoms with Crippen molar-refractivity contribution in [3.05, 3.63) is 65.7 Å². The van der Waals surface area contributed by atoms with Crippen molar-refractivity contribution >= 4 is 5.97 Å². The predicted octanol–water partition coefficient (Wildman–Crippen LogP) is 4.32. The maximum Gasteiger partial charge on any atom is 0.308 e. The summed E-state index contributed by atoms with van der Waals surface area (Å²) in [6.45, 7) is 0.569. The molecule has 0 heterocycles. The Morgan fingerprint density at radius 1 is 1.09 bits per heavy atom. The Morgan fingerprint density at radius 2 is 1.91 bits per heavy atom. The van der Waals surface area contributed by atoms with E-state index in [9.17, 15) is 4.79 Å². The largest absolute Gasteiger partial charge is 0.489 e. The summed E-state index contributed by atoms with van der Waals surface area (Å²) < 4.78 is 10.8. The summed E-state index contributed by atoms with van der Waals surface area (Å²) in [5.41, 5.74) is 2.41. The van der Waals surface area contributed by atoms with Gasteiger partial charge in [0.2, 0.25) is 0 Å². The van der Waals surface area contributed by atoms with Crippen molar-refractivity contribution in [3.8, 4) is 5.75 Å². The molecule has 0 aliphatic heterocycles. The summed E-state index contributed by atoms with van der Waals surface area (Å²) in [6.07, 6.45) is 2.81. The number of benzene rings is 2. The van der Waals surface area contributed by atoms with Crippen molar-refractivity contribution in [3.63, 3.8) is 0 Å². The molecule has 1 fully saturated rings. The highest BCUT2D eigenvalue weighted by Crippen LogP contribution is 2.39. The highest BCUT2D eigenvalue weighted by atomic mass is 16.5. The molecule has 0 saturated heterocycles. The highest BCUT2D eigenvalue weighted by Gasteiger charge is 2.31. The Labute approximate surface area is 137 Å². The number of rotatable bonds is 5. The molecule has 0 aromatic heterocycles. The number of ether oxygens (including phenoxy) is 2. The molecule has 0 radical (unpaired) electrons. The molecule has 1 aliphatic carbocycles. The van der Waals surface area contributed by atoms with Gasteiger partial charge in [-0.25, -0.2) is 0 Å². The summed E-state index contributed by atoms with van der Waals surface area (Å²) in [4.78, 5) is 11.7. The molecule has 0 N–H and O–H groups in total. The average Bonchev–Trinajstić information content (AvgIpc) is 3.11. The van der Waals surface area contributed by atoms with Crippen LogP contribution in [0.2, 0.25) is 0 Å². The summed E-state index contributed by atoms with van der Waals surface area (Å²) in [5, 5.41) is 0. The van der Waals surface area contributed by atoms with Gasteiger partial charge < -0.3 is 9.47 Å². The monoisotopic (exact) mass is 310 g/mol. The van der Waals surface area contributed by atoms with E-state index in [1.54, 1.807) is 0 Å². The topological polar surface area (TPSA) is 35.5 Å². The summed E-state index contributed by atoms with van der Waals surface area (Å²) >= 11 is 0. The third-order valence-corrected chi connectivity index (χ3v) is 4.54. The molecule has 3 heteroatoms. The standard InChI is InChI=1S/C20H22O3/c1-22-20(21)18-11-10-17(12-18)16-8-5-9-19(13-16)23-14-15-6-3-2-4-7-15/h2-9,13,17-18H,10-12,14H2,1H3. The van der Waals surface area contributed by atoms with E-state index in [2.05, 4.69) is 24.3 Å². The van der Waals surface area contributed by atoms with Crippen molar-refractivity contribution in [1.29, 1.82) is 0 Å². The van der Waals surface area contributed by atoms with E-state index in [4.69, 9.17) is 9.47 Å². The van der Waals surface area contributed by atoms with Crippen molar-refractivity contribution in [1.82, 2.24) is 0 Å². The second-order valence-electron chi connectivity index (χ2n) is 6.08. The van der Waals surface area contributed by atoms with Gasteiger partial charge in [-0.1, -0.05) is 42.5 Å². The summed E-state index contributed by atoms with van der Waals surface area (Å²) in [7, 11) is 1.47. The molecule has 2 aromatic carbocycles. The van der Waals surface area contributed by atoms with E-state index >= 15 is 0 Å². The normalized spacial score (nSPS) is 20.2. The van der Waals surface area contributed by atoms with Crippen LogP contribution in [0.5, 0.6) is 5.75 Å². The Morgan fingerprint density at radius 3 is 2.70 bits per heavy atom. The molecule has 1 aliphatic rings. The zero-order valence-corrected chi connectivity index (χ0v) is 13.4. The molecule has 0 bridgehead atoms. The third-order valence-electron chi connectivity index (χ3n) is 4.54. The van der Waals surface area contributed by atoms with Gasteiger partial charge in [-0.2, -0.15) is 0 Å². The number of methoxy groups -OCH3 is 1. The lowest BCUT2D eigenvalue weighted by Crippen LogP contribution is -2.12. The van der Waals surface area contributed by atoms with Crippen LogP contribution in [0.3, 0.4) is 0 Å². The van der Waals surface area contributed by atoms with Gasteiger partial charge in [0.15, 0.2) is 0 Å². The molecule has 1 saturated carbocycles. The first kappa shape index (κ1) is 15.6. The van der Waals surface area contributed by atoms with Crippen LogP contribution < -0.4 is 4.74 Å². The van der Waals surface area contributed by atoms with E-state index < -0.39 is 0 Å². The minimum Gasteiger partial charge on any atom is -0.489 e. The molecule has 2 unspecified atom stereocenters. The van der Waals surface area contributed by atoms with Gasteiger partial charge >= 0.3 is 5.97 Å². The molecule has 0 spiro atoms. The van der Waals surface area contributed by atoms with Gasteiger partial charge in [0.1, 0.15) is 12.4 Å². The van der Waals surface area contributed by atoms with E-state index in [1.807, 2.05) is 30.3 Å². The predicted molar refractivity (Wildman–Crippen MR) is 89.3 cm³/mol. The lowest BCUT2D eigenvalue weighted by Gasteiger charge is -2.13. The van der Waals surface area contributed by atoms with Gasteiger partial charge in [0.25, 0.3) is 0 Å². The van der Waals surface area contributed by atoms with Crippen LogP contribution in [0.25, 0.3) is 0 Å². The first-order chi connectivity index (χ1) is 11.3. The number of carbonyl (C=O) groups excluding carboxylic acids is 1. The van der Waals surface area contributed by atoms with Gasteiger partial charge in [-0.3, -0.25) is 4.79 Å². The van der Waals surface area contributed by atoms with Gasteiger partial charge in [-0.15, -0.1) is 0 Å². The smallest absolute Gasteiger partial charge is 0.308 e. The highest BCUT2D eigenvalue weighted by molar-refractivity contribution is 5.72. The number of hydrogen-bond acceptors (Lipinski definition) is 3. The molecule has 3 rings (SSSR count). The minimum atomic E-state index is -0.0796. The van der Waals surface area contributed by atoms with E-state index in [0.29, 0.717) is 12.5 Å². The van der Waals surface area contributed by atoms with Crippen LogP contribution in [-0.2, 0) is 16.1 Å². The number of esters is 1. The number of carbonyl (C=O) groups is 1. The lowest BCUT2D eigenvalue weighted by atomic mass is 9.96. The third kappa shape index (κ3) is 3.92. The molecular weight excluding hydrogens is 288 g/mol. The first-order valence-electron chi connectivity index (χ1n) is 8.11. The molecular formula is C20H22O3. The van der Waals surface area contributed by atoms with Crippen LogP contribution >= 0.6 is 0 Å². The summed E-state index contributed by atoms with van der Waals surface area (Å²) in [5.74, 6) is 1.26. The second kappa shape index (κ2) is 7.32. The Balaban J connectivity index is 1.63. The lowest BCUT2D eigenvalue weighted by molar-refractivity contribution is -0.145. The van der Waals surface area contributed by atoms with Crippen molar-refractivity contribution < 1.29 is 14.3 Å². The van der Waals surface area contributed by atoms with Gasteiger partial charge in [-0.05, 0) is 48.4 Å². The zero-order chi connectivity index (χ0) is 16.1. The SMILES string of the molecule is COC(=O)C1CCC(c2cccc(OCc3ccccc3)c2)C1. The Hall–Kier alpha value is -2.29. The van der Waals surface area contributed by atoms with Gasteiger partial charge in [0.05, 0.1) is 13.0 Å². The Bertz CT molecular complexity index is 651. The van der Waals surface area contributed by atoms with Gasteiger partial charge in [0, 0.05) is 0 Å². The molecule has 120 valence electrons. The molecule has 0 amide bonds. The molecule has 23 heavy (non-hydrogen) atoms. The van der Waals surface area contributed by atoms with E-state index in [-0.39, 0.29) is 11.9 Å². The first-order valence-corrected chi connectivity index (χ1v) is 8.11. The molecule has 2 atom stereocenters. The van der Waals surface area contributed by atoms with E-state index in [1.165, 1.54) is 12.7 Å². The average molecular weight is 310 g/mol. The second-order valence-corrected chi connectivity index (χ2v) is 6.08. The van der Waals surface area contributed by atoms with Crippen molar-refractivity contribution in [2.45, 2.75) is 31.8 Å². The van der Waals surface area contributed by atoms with Crippen molar-refractivity contribution in [2.24, 2.45) is 5.92 Å². The fourth-order valence-electron chi connectivity index (χ4n) is 3.26. The van der Waals surface area contributed by atoms with Crippen LogP contribution in [0, 0.1) is 5.92 Å². The van der Waals surface area contributed by atoms with E-state index in [0.717, 1.165) is 30.6 Å². The van der Waals surface area contributed by atoms with Crippen LogP contribution in [0.15, 0.2) is 54.6 Å². The fraction of sp³-hybridized carbons (Fsp3) is 0.350. The maximum atomic E-state index is 11.7.